The van der Waals surface area contributed by atoms with Gasteiger partial charge in [-0.15, -0.1) is 0 Å². The van der Waals surface area contributed by atoms with E-state index in [2.05, 4.69) is 66.1 Å². The molecule has 2 aromatic rings. The number of aromatic amines is 1. The molecule has 0 aliphatic heterocycles. The zero-order chi connectivity index (χ0) is 33.3. The molecule has 0 amide bonds. The Kier molecular flexibility index (Phi) is 28.0. The van der Waals surface area contributed by atoms with Gasteiger partial charge in [0.15, 0.2) is 0 Å². The number of benzene rings is 1. The Labute approximate surface area is 294 Å². The summed E-state index contributed by atoms with van der Waals surface area (Å²) in [7, 11) is 0. The van der Waals surface area contributed by atoms with Gasteiger partial charge in [0.25, 0.3) is 5.82 Å². The summed E-state index contributed by atoms with van der Waals surface area (Å²) in [6.45, 7) is 5.60. The molecule has 1 aromatic heterocycles. The van der Waals surface area contributed by atoms with E-state index in [0.29, 0.717) is 5.92 Å². The van der Waals surface area contributed by atoms with Gasteiger partial charge in [0.05, 0.1) is 5.92 Å². The second-order valence-electron chi connectivity index (χ2n) is 15.1. The zero-order valence-corrected chi connectivity index (χ0v) is 31.9. The summed E-state index contributed by atoms with van der Waals surface area (Å²) in [5.41, 5.74) is 1.40. The molecule has 0 aliphatic rings. The third-order valence-electron chi connectivity index (χ3n) is 10.7. The Morgan fingerprint density at radius 3 is 1.15 bits per heavy atom. The molecule has 0 saturated heterocycles. The second-order valence-corrected chi connectivity index (χ2v) is 15.1. The largest absolute Gasteiger partial charge is 0.257 e. The van der Waals surface area contributed by atoms with Crippen LogP contribution in [-0.4, -0.2) is 4.98 Å². The molecule has 0 bridgehead atoms. The van der Waals surface area contributed by atoms with Crippen molar-refractivity contribution >= 4 is 0 Å². The van der Waals surface area contributed by atoms with E-state index in [9.17, 15) is 0 Å². The molecule has 0 fully saturated rings. The van der Waals surface area contributed by atoms with Crippen LogP contribution in [0.3, 0.4) is 0 Å². The summed E-state index contributed by atoms with van der Waals surface area (Å²) < 4.78 is 2.50. The van der Waals surface area contributed by atoms with E-state index >= 15 is 0 Å². The highest BCUT2D eigenvalue weighted by atomic mass is 15.1. The van der Waals surface area contributed by atoms with Crippen LogP contribution in [0.15, 0.2) is 42.7 Å². The highest BCUT2D eigenvalue weighted by molar-refractivity contribution is 5.13. The van der Waals surface area contributed by atoms with Gasteiger partial charge in [-0.05, 0) is 18.4 Å². The first kappa shape index (κ1) is 41.6. The van der Waals surface area contributed by atoms with E-state index in [1.54, 1.807) is 0 Å². The van der Waals surface area contributed by atoms with Crippen LogP contribution in [-0.2, 0) is 6.54 Å². The minimum Gasteiger partial charge on any atom is -0.247 e. The molecular weight excluding hydrogens is 569 g/mol. The molecule has 2 rings (SSSR count). The van der Waals surface area contributed by atoms with E-state index in [-0.39, 0.29) is 0 Å². The number of hydrogen-bond acceptors (Lipinski definition) is 0. The van der Waals surface area contributed by atoms with Gasteiger partial charge in [-0.2, -0.15) is 0 Å². The second kappa shape index (κ2) is 31.7. The van der Waals surface area contributed by atoms with Crippen molar-refractivity contribution in [1.29, 1.82) is 0 Å². The number of nitrogens with zero attached hydrogens (tertiary/aromatic N) is 1. The molecule has 1 N–H and O–H groups in total. The molecule has 1 atom stereocenters. The van der Waals surface area contributed by atoms with Crippen LogP contribution in [0, 0.1) is 0 Å². The Hall–Kier alpha value is -1.57. The zero-order valence-electron chi connectivity index (χ0n) is 31.9. The molecule has 1 aromatic carbocycles. The SMILES string of the molecule is CCCCCCCCCCCCCCCCCCC[C@H](CCCCCCCCCCCCCCC)c1[nH]cc[n+]1Cc1ccccc1. The minimum atomic E-state index is 0.665. The molecule has 2 heteroatoms. The lowest BCUT2D eigenvalue weighted by Crippen LogP contribution is -2.38. The molecule has 0 saturated carbocycles. The lowest BCUT2D eigenvalue weighted by atomic mass is 9.93. The highest BCUT2D eigenvalue weighted by Gasteiger charge is 2.22. The van der Waals surface area contributed by atoms with E-state index in [1.807, 2.05) is 0 Å². The summed E-state index contributed by atoms with van der Waals surface area (Å²) in [5, 5.41) is 0. The van der Waals surface area contributed by atoms with Crippen LogP contribution in [0.5, 0.6) is 0 Å². The fourth-order valence-corrected chi connectivity index (χ4v) is 7.59. The van der Waals surface area contributed by atoms with Crippen LogP contribution >= 0.6 is 0 Å². The average Bonchev–Trinajstić information content (AvgIpc) is 3.55. The van der Waals surface area contributed by atoms with Gasteiger partial charge < -0.3 is 0 Å². The Morgan fingerprint density at radius 2 is 0.787 bits per heavy atom. The van der Waals surface area contributed by atoms with Gasteiger partial charge in [0.1, 0.15) is 18.9 Å². The number of hydrogen-bond donors (Lipinski definition) is 1. The fourth-order valence-electron chi connectivity index (χ4n) is 7.59. The molecule has 0 spiro atoms. The van der Waals surface area contributed by atoms with Crippen molar-refractivity contribution < 1.29 is 4.57 Å². The first-order chi connectivity index (χ1) is 23.3. The summed E-state index contributed by atoms with van der Waals surface area (Å²) >= 11 is 0. The van der Waals surface area contributed by atoms with Gasteiger partial charge in [0.2, 0.25) is 0 Å². The van der Waals surface area contributed by atoms with Gasteiger partial charge >= 0.3 is 0 Å². The predicted octanol–water partition coefficient (Wildman–Crippen LogP) is 15.0. The molecule has 2 nitrogen and oxygen atoms in total. The van der Waals surface area contributed by atoms with E-state index in [4.69, 9.17) is 0 Å². The van der Waals surface area contributed by atoms with E-state index in [1.165, 1.54) is 217 Å². The highest BCUT2D eigenvalue weighted by Crippen LogP contribution is 2.26. The topological polar surface area (TPSA) is 19.7 Å². The smallest absolute Gasteiger partial charge is 0.247 e. The lowest BCUT2D eigenvalue weighted by Gasteiger charge is -2.14. The van der Waals surface area contributed by atoms with Crippen molar-refractivity contribution in [3.8, 4) is 0 Å². The predicted molar refractivity (Wildman–Crippen MR) is 208 cm³/mol. The molecular formula is C45H81N2+. The number of nitrogens with one attached hydrogen (secondary N) is 1. The van der Waals surface area contributed by atoms with Crippen LogP contribution in [0.1, 0.15) is 237 Å². The Morgan fingerprint density at radius 1 is 0.447 bits per heavy atom. The van der Waals surface area contributed by atoms with Gasteiger partial charge in [-0.1, -0.05) is 237 Å². The van der Waals surface area contributed by atoms with Gasteiger partial charge in [0, 0.05) is 0 Å². The van der Waals surface area contributed by atoms with Crippen molar-refractivity contribution in [3.63, 3.8) is 0 Å². The molecule has 0 unspecified atom stereocenters. The van der Waals surface area contributed by atoms with Crippen LogP contribution in [0.25, 0.3) is 0 Å². The van der Waals surface area contributed by atoms with Gasteiger partial charge in [-0.3, -0.25) is 0 Å². The van der Waals surface area contributed by atoms with Crippen molar-refractivity contribution in [2.24, 2.45) is 0 Å². The summed E-state index contributed by atoms with van der Waals surface area (Å²) in [4.78, 5) is 3.69. The summed E-state index contributed by atoms with van der Waals surface area (Å²) in [5.74, 6) is 2.13. The summed E-state index contributed by atoms with van der Waals surface area (Å²) in [6.07, 6.45) is 50.4. The standard InChI is InChI=1S/C45H80N2/c1-3-5-7-9-11-13-15-17-18-19-20-22-24-26-28-30-35-39-44(45-46-40-41-47(45)42-43-36-32-31-33-37-43)38-34-29-27-25-23-21-16-14-12-10-8-6-4-2/h31-33,36-37,40-41,44H,3-30,34-35,38-39,42H2,1-2H3/p+1/t44-/m0/s1. The van der Waals surface area contributed by atoms with Crippen LogP contribution in [0.2, 0.25) is 0 Å². The molecule has 1 heterocycles. The average molecular weight is 650 g/mol. The van der Waals surface area contributed by atoms with Crippen molar-refractivity contribution in [2.75, 3.05) is 0 Å². The first-order valence-corrected chi connectivity index (χ1v) is 21.5. The third kappa shape index (κ3) is 23.4. The molecule has 0 radical (unpaired) electrons. The van der Waals surface area contributed by atoms with E-state index in [0.717, 1.165) is 6.54 Å². The maximum absolute atomic E-state index is 3.69. The minimum absolute atomic E-state index is 0.665. The Balaban J connectivity index is 1.58. The Bertz CT molecular complexity index is 886. The number of H-pyrrole nitrogens is 1. The fraction of sp³-hybridized carbons (Fsp3) is 0.800. The third-order valence-corrected chi connectivity index (χ3v) is 10.7. The lowest BCUT2D eigenvalue weighted by molar-refractivity contribution is -0.695. The first-order valence-electron chi connectivity index (χ1n) is 21.5. The van der Waals surface area contributed by atoms with Crippen molar-refractivity contribution in [1.82, 2.24) is 4.98 Å². The van der Waals surface area contributed by atoms with E-state index < -0.39 is 0 Å². The normalized spacial score (nSPS) is 12.2. The van der Waals surface area contributed by atoms with Crippen LogP contribution in [0.4, 0.5) is 0 Å². The van der Waals surface area contributed by atoms with Crippen molar-refractivity contribution in [2.45, 2.75) is 232 Å². The quantitative estimate of drug-likeness (QED) is 0.0566. The molecule has 47 heavy (non-hydrogen) atoms. The molecule has 270 valence electrons. The molecule has 0 aliphatic carbocycles. The number of unbranched alkanes of at least 4 members (excludes halogenated alkanes) is 28. The number of imidazole rings is 1. The monoisotopic (exact) mass is 650 g/mol. The number of aromatic nitrogens is 2. The van der Waals surface area contributed by atoms with Crippen molar-refractivity contribution in [3.05, 3.63) is 54.1 Å². The van der Waals surface area contributed by atoms with Gasteiger partial charge in [-0.25, -0.2) is 9.55 Å². The van der Waals surface area contributed by atoms with Crippen LogP contribution < -0.4 is 4.57 Å². The summed E-state index contributed by atoms with van der Waals surface area (Å²) in [6, 6.07) is 11.0. The maximum atomic E-state index is 3.69. The number of rotatable bonds is 35. The maximum Gasteiger partial charge on any atom is 0.257 e.